The van der Waals surface area contributed by atoms with E-state index in [0.29, 0.717) is 16.4 Å². The van der Waals surface area contributed by atoms with Gasteiger partial charge in [-0.25, -0.2) is 15.0 Å². The lowest BCUT2D eigenvalue weighted by Crippen LogP contribution is -2.00. The van der Waals surface area contributed by atoms with Crippen LogP contribution >= 0.6 is 0 Å². The molecular weight excluding hydrogens is 683 g/mol. The molecule has 2 aromatic heterocycles. The van der Waals surface area contributed by atoms with Crippen LogP contribution in [-0.4, -0.2) is 15.0 Å². The average molecular weight is 735 g/mol. The first-order valence-electron chi connectivity index (χ1n) is 26.0. The number of rotatable bonds is 7. The van der Waals surface area contributed by atoms with E-state index in [-0.39, 0.29) is 22.3 Å². The van der Waals surface area contributed by atoms with Crippen LogP contribution in [0.3, 0.4) is 0 Å². The fourth-order valence-corrected chi connectivity index (χ4v) is 6.50. The molecule has 2 heterocycles. The zero-order valence-electron chi connectivity index (χ0n) is 46.4. The molecule has 0 bridgehead atoms. The summed E-state index contributed by atoms with van der Waals surface area (Å²) in [6.07, 6.45) is 0. The van der Waals surface area contributed by atoms with Crippen molar-refractivity contribution in [3.8, 4) is 78.7 Å². The van der Waals surface area contributed by atoms with Crippen LogP contribution in [0.15, 0.2) is 198 Å². The Kier molecular flexibility index (Phi) is 4.97. The molecule has 0 amide bonds. The van der Waals surface area contributed by atoms with Crippen molar-refractivity contribution in [1.82, 2.24) is 15.0 Å². The molecule has 8 aromatic carbocycles. The van der Waals surface area contributed by atoms with Crippen molar-refractivity contribution < 1.29 is 27.7 Å². The molecule has 0 fully saturated rings. The van der Waals surface area contributed by atoms with Crippen molar-refractivity contribution in [2.45, 2.75) is 6.92 Å². The van der Waals surface area contributed by atoms with E-state index in [4.69, 9.17) is 20.9 Å². The Hall–Kier alpha value is -7.43. The summed E-state index contributed by atoms with van der Waals surface area (Å²) in [6.45, 7) is 1.35. The number of fused-ring (bicyclic) bond motifs is 3. The highest BCUT2D eigenvalue weighted by atomic mass is 16.3. The fourth-order valence-electron chi connectivity index (χ4n) is 6.50. The molecule has 0 aliphatic carbocycles. The summed E-state index contributed by atoms with van der Waals surface area (Å²) < 4.78 is 158. The third kappa shape index (κ3) is 6.23. The van der Waals surface area contributed by atoms with Crippen molar-refractivity contribution in [3.05, 3.63) is 199 Å². The zero-order chi connectivity index (χ0) is 52.2. The Morgan fingerprint density at radius 3 is 1.73 bits per heavy atom. The van der Waals surface area contributed by atoms with E-state index in [0.717, 1.165) is 22.3 Å². The van der Waals surface area contributed by atoms with Gasteiger partial charge in [-0.05, 0) is 58.5 Å². The van der Waals surface area contributed by atoms with Crippen molar-refractivity contribution >= 4 is 21.9 Å². The Balaban J connectivity index is 1.26. The van der Waals surface area contributed by atoms with E-state index in [9.17, 15) is 6.85 Å². The molecule has 0 N–H and O–H groups in total. The predicted octanol–water partition coefficient (Wildman–Crippen LogP) is 13.7. The maximum Gasteiger partial charge on any atom is 0.164 e. The van der Waals surface area contributed by atoms with Crippen LogP contribution < -0.4 is 0 Å². The second-order valence-electron chi connectivity index (χ2n) is 12.7. The van der Waals surface area contributed by atoms with E-state index in [1.54, 1.807) is 12.1 Å². The van der Waals surface area contributed by atoms with Crippen LogP contribution in [0.25, 0.3) is 101 Å². The highest BCUT2D eigenvalue weighted by molar-refractivity contribution is 6.14. The number of hydrogen-bond acceptors (Lipinski definition) is 4. The molecule has 0 saturated heterocycles. The first-order valence-corrected chi connectivity index (χ1v) is 17.5. The number of para-hydroxylation sites is 1. The van der Waals surface area contributed by atoms with Crippen molar-refractivity contribution in [3.63, 3.8) is 0 Å². The van der Waals surface area contributed by atoms with Gasteiger partial charge in [0.25, 0.3) is 0 Å². The van der Waals surface area contributed by atoms with Gasteiger partial charge in [-0.2, -0.15) is 0 Å². The lowest BCUT2D eigenvalue weighted by atomic mass is 9.95. The van der Waals surface area contributed by atoms with Crippen LogP contribution in [0.4, 0.5) is 0 Å². The summed E-state index contributed by atoms with van der Waals surface area (Å²) in [7, 11) is 0. The van der Waals surface area contributed by atoms with Gasteiger partial charge in [-0.15, -0.1) is 0 Å². The minimum absolute atomic E-state index is 0.0442. The van der Waals surface area contributed by atoms with E-state index >= 15 is 0 Å². The normalized spacial score (nSPS) is 15.6. The number of nitrogens with zero attached hydrogens (tertiary/aromatic N) is 3. The maximum absolute atomic E-state index is 9.81. The topological polar surface area (TPSA) is 51.8 Å². The number of aromatic nitrogens is 3. The van der Waals surface area contributed by atoms with E-state index in [2.05, 4.69) is 15.0 Å². The first kappa shape index (κ1) is 19.8. The molecule has 0 atom stereocenters. The van der Waals surface area contributed by atoms with Gasteiger partial charge in [-0.3, -0.25) is 0 Å². The predicted molar refractivity (Wildman–Crippen MR) is 230 cm³/mol. The van der Waals surface area contributed by atoms with Crippen LogP contribution in [-0.2, 0) is 0 Å². The SMILES string of the molecule is [2H]c1c([2H])c([2H])c(-c2nc(-c3c([2H])c([2H])c(-c4c([2H])c([2H])c([2H])c(C)c4[2H])c([2H])c3[2H])nc(-c3c([2H])c([2H])c([2H])c(-c4cccc5c4oc4c(-c6ccccc6)cc(-c6ccccc6)cc45)c3[2H])n2)c([2H])c1[2H]. The second-order valence-corrected chi connectivity index (χ2v) is 12.7. The third-order valence-electron chi connectivity index (χ3n) is 9.12. The molecule has 10 aromatic rings. The molecule has 4 heteroatoms. The van der Waals surface area contributed by atoms with Gasteiger partial charge in [0.1, 0.15) is 11.2 Å². The Bertz CT molecular complexity index is 3930. The molecule has 0 saturated carbocycles. The molecular formula is C52H35N3O. The van der Waals surface area contributed by atoms with Crippen molar-refractivity contribution in [1.29, 1.82) is 0 Å². The molecule has 4 nitrogen and oxygen atoms in total. The number of benzene rings is 8. The Labute approximate surface area is 349 Å². The monoisotopic (exact) mass is 734 g/mol. The fraction of sp³-hybridized carbons (Fsp3) is 0.0192. The highest BCUT2D eigenvalue weighted by Crippen LogP contribution is 2.43. The van der Waals surface area contributed by atoms with Crippen LogP contribution in [0.1, 0.15) is 28.9 Å². The molecule has 0 aliphatic heterocycles. The Morgan fingerprint density at radius 1 is 0.393 bits per heavy atom. The number of furan rings is 1. The first-order chi connectivity index (χ1) is 34.7. The highest BCUT2D eigenvalue weighted by Gasteiger charge is 2.19. The van der Waals surface area contributed by atoms with E-state index in [1.165, 1.54) is 6.92 Å². The van der Waals surface area contributed by atoms with E-state index in [1.807, 2.05) is 78.9 Å². The molecule has 264 valence electrons. The molecule has 0 spiro atoms. The molecule has 10 rings (SSSR count). The van der Waals surface area contributed by atoms with Gasteiger partial charge in [-0.1, -0.05) is 181 Å². The quantitative estimate of drug-likeness (QED) is 0.164. The third-order valence-corrected chi connectivity index (χ3v) is 9.12. The van der Waals surface area contributed by atoms with E-state index < -0.39 is 148 Å². The Morgan fingerprint density at radius 2 is 0.982 bits per heavy atom. The molecule has 0 radical (unpaired) electrons. The maximum atomic E-state index is 9.81. The van der Waals surface area contributed by atoms with Gasteiger partial charge >= 0.3 is 0 Å². The molecule has 0 aliphatic rings. The minimum Gasteiger partial charge on any atom is -0.455 e. The summed E-state index contributed by atoms with van der Waals surface area (Å²) >= 11 is 0. The summed E-state index contributed by atoms with van der Waals surface area (Å²) in [5.41, 5.74) is 1.41. The lowest BCUT2D eigenvalue weighted by molar-refractivity contribution is 0.671. The van der Waals surface area contributed by atoms with Gasteiger partial charge in [0.05, 0.1) is 23.3 Å². The summed E-state index contributed by atoms with van der Waals surface area (Å²) in [4.78, 5) is 13.3. The van der Waals surface area contributed by atoms with Crippen LogP contribution in [0.2, 0.25) is 0 Å². The number of hydrogen-bond donors (Lipinski definition) is 0. The lowest BCUT2D eigenvalue weighted by Gasteiger charge is -2.10. The van der Waals surface area contributed by atoms with Gasteiger partial charge in [0, 0.05) is 38.6 Å². The molecule has 56 heavy (non-hydrogen) atoms. The second kappa shape index (κ2) is 14.1. The van der Waals surface area contributed by atoms with Crippen molar-refractivity contribution in [2.75, 3.05) is 0 Å². The summed E-state index contributed by atoms with van der Waals surface area (Å²) in [5.74, 6) is -1.98. The standard InChI is InChI=1S/C52H35N3O/c1-34-14-11-21-40(30-34)36-26-28-39(29-27-36)51-53-50(38-19-9-4-10-20-38)54-52(55-51)42-23-12-22-41(31-42)44-24-13-25-45-47-33-43(35-15-5-2-6-16-35)32-46(49(47)56-48(44)45)37-17-7-3-8-18-37/h2-33H,1H3/i4D,9D,10D,11D,12D,14D,19D,20D,21D,22D,23D,26D,27D,28D,29D,30D,31D. The van der Waals surface area contributed by atoms with Crippen molar-refractivity contribution in [2.24, 2.45) is 0 Å². The van der Waals surface area contributed by atoms with Crippen LogP contribution in [0, 0.1) is 6.92 Å². The van der Waals surface area contributed by atoms with Gasteiger partial charge in [0.15, 0.2) is 17.5 Å². The zero-order valence-corrected chi connectivity index (χ0v) is 29.4. The van der Waals surface area contributed by atoms with Crippen LogP contribution in [0.5, 0.6) is 0 Å². The van der Waals surface area contributed by atoms with Gasteiger partial charge in [0.2, 0.25) is 0 Å². The summed E-state index contributed by atoms with van der Waals surface area (Å²) in [5, 5.41) is 1.30. The summed E-state index contributed by atoms with van der Waals surface area (Å²) in [6, 6.07) is 16.6. The largest absolute Gasteiger partial charge is 0.455 e. The average Bonchev–Trinajstić information content (AvgIpc) is 3.78. The smallest absolute Gasteiger partial charge is 0.164 e. The minimum atomic E-state index is -0.833. The van der Waals surface area contributed by atoms with Gasteiger partial charge < -0.3 is 4.42 Å². The molecule has 0 unspecified atom stereocenters.